The zero-order valence-corrected chi connectivity index (χ0v) is 20.8. The molecule has 7 rings (SSSR count). The largest absolute Gasteiger partial charge is 0.496 e. The number of halogens is 4. The molecule has 0 spiro atoms. The number of aromatic nitrogens is 2. The molecule has 2 atom stereocenters. The van der Waals surface area contributed by atoms with Gasteiger partial charge in [0, 0.05) is 12.5 Å². The highest BCUT2D eigenvalue weighted by molar-refractivity contribution is 5.87. The second kappa shape index (κ2) is 8.44. The number of carbonyl (C=O) groups excluding carboxylic acids is 2. The predicted molar refractivity (Wildman–Crippen MR) is 128 cm³/mol. The highest BCUT2D eigenvalue weighted by atomic mass is 19.4. The van der Waals surface area contributed by atoms with Crippen LogP contribution in [0, 0.1) is 12.3 Å². The summed E-state index contributed by atoms with van der Waals surface area (Å²) in [7, 11) is -2.73. The van der Waals surface area contributed by atoms with Crippen LogP contribution in [0.1, 0.15) is 77.1 Å². The second-order valence-electron chi connectivity index (χ2n) is 11.3. The summed E-state index contributed by atoms with van der Waals surface area (Å²) in [6.45, 7) is 1.11. The highest BCUT2D eigenvalue weighted by Gasteiger charge is 2.73. The Bertz CT molecular complexity index is 1390. The third-order valence-corrected chi connectivity index (χ3v) is 8.61. The number of carbonyl (C=O) groups is 2. The summed E-state index contributed by atoms with van der Waals surface area (Å²) in [6, 6.07) is 4.27. The first-order chi connectivity index (χ1) is 19.1. The number of ether oxygens (including phenoxy) is 1. The zero-order valence-electron chi connectivity index (χ0n) is 23.8. The maximum Gasteiger partial charge on any atom is 0.433 e. The lowest BCUT2D eigenvalue weighted by Gasteiger charge is -2.64. The molecule has 4 aliphatic carbocycles. The van der Waals surface area contributed by atoms with Crippen LogP contribution in [-0.4, -0.2) is 51.8 Å². The van der Waals surface area contributed by atoms with E-state index >= 15 is 0 Å². The molecule has 2 heterocycles. The number of benzene rings is 1. The molecule has 5 aliphatic rings. The van der Waals surface area contributed by atoms with E-state index in [0.717, 1.165) is 18.9 Å². The first kappa shape index (κ1) is 21.8. The number of hydrogen-bond donors (Lipinski definition) is 1. The number of amides is 2. The minimum atomic E-state index is -4.70. The molecule has 0 radical (unpaired) electrons. The van der Waals surface area contributed by atoms with Crippen molar-refractivity contribution in [1.29, 1.82) is 0 Å². The molecule has 0 unspecified atom stereocenters. The van der Waals surface area contributed by atoms with Gasteiger partial charge in [0.05, 0.1) is 34.3 Å². The maximum atomic E-state index is 14.1. The summed E-state index contributed by atoms with van der Waals surface area (Å²) in [5.41, 5.74) is -1.83. The summed E-state index contributed by atoms with van der Waals surface area (Å²) in [5.74, 6) is -0.923. The molecule has 7 nitrogen and oxygen atoms in total. The summed E-state index contributed by atoms with van der Waals surface area (Å²) in [5, 5.41) is 7.09. The van der Waals surface area contributed by atoms with Crippen molar-refractivity contribution in [3.63, 3.8) is 0 Å². The fraction of sp³-hybridized carbons (Fsp3) is 0.593. The van der Waals surface area contributed by atoms with Gasteiger partial charge in [-0.25, -0.2) is 4.39 Å². The third-order valence-electron chi connectivity index (χ3n) is 8.61. The Morgan fingerprint density at radius 3 is 2.61 bits per heavy atom. The molecule has 2 bridgehead atoms. The first-order valence-electron chi connectivity index (χ1n) is 14.3. The summed E-state index contributed by atoms with van der Waals surface area (Å²) in [4.78, 5) is 28.2. The van der Waals surface area contributed by atoms with Crippen molar-refractivity contribution >= 4 is 11.8 Å². The van der Waals surface area contributed by atoms with Crippen LogP contribution in [-0.2, 0) is 22.3 Å². The standard InChI is InChI=1S/C27H30F4N4O3/c1-15-17(4-3-5-20(15)38-2)23-18(32-24(37)25-12-26(28,13-25)14-25)8-9-34(23)22(36)11-35-21(27(29,30)31)10-19(33-35)16-6-7-16/h3-5,10,16,18,23H,6-9,11-14H2,1-2H3,(H,32,37)/t18-,23-,25?,26?/m1/s1/i2D3. The van der Waals surface area contributed by atoms with E-state index in [-0.39, 0.29) is 43.4 Å². The van der Waals surface area contributed by atoms with Gasteiger partial charge < -0.3 is 15.0 Å². The topological polar surface area (TPSA) is 76.5 Å². The van der Waals surface area contributed by atoms with Gasteiger partial charge in [-0.3, -0.25) is 14.3 Å². The van der Waals surface area contributed by atoms with E-state index in [0.29, 0.717) is 27.9 Å². The lowest BCUT2D eigenvalue weighted by Crippen LogP contribution is -2.70. The van der Waals surface area contributed by atoms with Gasteiger partial charge >= 0.3 is 6.18 Å². The number of rotatable bonds is 7. The Labute approximate surface area is 221 Å². The van der Waals surface area contributed by atoms with E-state index in [9.17, 15) is 27.2 Å². The van der Waals surface area contributed by atoms with Crippen LogP contribution in [0.15, 0.2) is 24.3 Å². The SMILES string of the molecule is [2H]C([2H])([2H])Oc1cccc([C@@H]2[C@H](NC(=O)C34CC(F)(C3)C4)CCN2C(=O)Cn2nc(C3CC3)cc2C(F)(F)F)c1C. The van der Waals surface area contributed by atoms with E-state index < -0.39 is 54.5 Å². The van der Waals surface area contributed by atoms with Gasteiger partial charge in [0.25, 0.3) is 0 Å². The van der Waals surface area contributed by atoms with Crippen molar-refractivity contribution < 1.29 is 36.0 Å². The van der Waals surface area contributed by atoms with Gasteiger partial charge in [0.1, 0.15) is 23.7 Å². The molecule has 1 aliphatic heterocycles. The van der Waals surface area contributed by atoms with Crippen molar-refractivity contribution in [3.05, 3.63) is 46.8 Å². The Morgan fingerprint density at radius 1 is 1.24 bits per heavy atom. The van der Waals surface area contributed by atoms with Crippen LogP contribution in [0.5, 0.6) is 5.75 Å². The first-order valence-corrected chi connectivity index (χ1v) is 12.8. The van der Waals surface area contributed by atoms with Crippen LogP contribution < -0.4 is 10.1 Å². The third kappa shape index (κ3) is 4.05. The smallest absolute Gasteiger partial charge is 0.433 e. The van der Waals surface area contributed by atoms with Gasteiger partial charge in [-0.15, -0.1) is 0 Å². The van der Waals surface area contributed by atoms with E-state index in [4.69, 9.17) is 8.85 Å². The summed E-state index contributed by atoms with van der Waals surface area (Å²) in [6.07, 6.45) is -2.45. The van der Waals surface area contributed by atoms with E-state index in [2.05, 4.69) is 10.4 Å². The molecule has 11 heteroatoms. The Morgan fingerprint density at radius 2 is 1.97 bits per heavy atom. The number of nitrogens with zero attached hydrogens (tertiary/aromatic N) is 3. The second-order valence-corrected chi connectivity index (χ2v) is 11.3. The van der Waals surface area contributed by atoms with E-state index in [1.165, 1.54) is 11.0 Å². The maximum absolute atomic E-state index is 14.1. The van der Waals surface area contributed by atoms with Gasteiger partial charge in [-0.2, -0.15) is 18.3 Å². The minimum Gasteiger partial charge on any atom is -0.496 e. The van der Waals surface area contributed by atoms with Crippen LogP contribution in [0.25, 0.3) is 0 Å². The van der Waals surface area contributed by atoms with Gasteiger partial charge in [-0.1, -0.05) is 12.1 Å². The Hall–Kier alpha value is -3.11. The summed E-state index contributed by atoms with van der Waals surface area (Å²) < 4.78 is 83.9. The average Bonchev–Trinajstić information content (AvgIpc) is 3.45. The minimum absolute atomic E-state index is 0.0457. The van der Waals surface area contributed by atoms with Crippen molar-refractivity contribution in [3.8, 4) is 5.75 Å². The van der Waals surface area contributed by atoms with Gasteiger partial charge in [0.2, 0.25) is 11.8 Å². The molecule has 38 heavy (non-hydrogen) atoms. The molecule has 1 saturated heterocycles. The Kier molecular flexibility index (Phi) is 4.84. The predicted octanol–water partition coefficient (Wildman–Crippen LogP) is 4.45. The molecule has 5 fully saturated rings. The fourth-order valence-electron chi connectivity index (χ4n) is 6.48. The van der Waals surface area contributed by atoms with E-state index in [1.807, 2.05) is 0 Å². The molecule has 1 aromatic carbocycles. The number of hydrogen-bond acceptors (Lipinski definition) is 4. The fourth-order valence-corrected chi connectivity index (χ4v) is 6.48. The Balaban J connectivity index is 1.30. The normalized spacial score (nSPS) is 31.5. The van der Waals surface area contributed by atoms with Gasteiger partial charge in [-0.05, 0) is 68.7 Å². The van der Waals surface area contributed by atoms with Crippen molar-refractivity contribution in [2.24, 2.45) is 5.41 Å². The van der Waals surface area contributed by atoms with Crippen molar-refractivity contribution in [1.82, 2.24) is 20.0 Å². The highest BCUT2D eigenvalue weighted by Crippen LogP contribution is 2.69. The van der Waals surface area contributed by atoms with E-state index in [1.54, 1.807) is 19.1 Å². The molecule has 2 amide bonds. The molecule has 4 saturated carbocycles. The monoisotopic (exact) mass is 537 g/mol. The average molecular weight is 538 g/mol. The van der Waals surface area contributed by atoms with Crippen molar-refractivity contribution in [2.45, 2.75) is 81.8 Å². The molecular weight excluding hydrogens is 504 g/mol. The number of likely N-dealkylation sites (tertiary alicyclic amines) is 1. The van der Waals surface area contributed by atoms with Crippen LogP contribution in [0.2, 0.25) is 0 Å². The summed E-state index contributed by atoms with van der Waals surface area (Å²) >= 11 is 0. The molecule has 1 aromatic heterocycles. The quantitative estimate of drug-likeness (QED) is 0.530. The van der Waals surface area contributed by atoms with Crippen LogP contribution in [0.4, 0.5) is 17.6 Å². The zero-order chi connectivity index (χ0) is 29.5. The molecular formula is C27H30F4N4O3. The molecule has 2 aromatic rings. The lowest BCUT2D eigenvalue weighted by molar-refractivity contribution is -0.214. The van der Waals surface area contributed by atoms with Crippen LogP contribution >= 0.6 is 0 Å². The molecule has 1 N–H and O–H groups in total. The number of alkyl halides is 4. The van der Waals surface area contributed by atoms with Crippen LogP contribution in [0.3, 0.4) is 0 Å². The van der Waals surface area contributed by atoms with Gasteiger partial charge in [0.15, 0.2) is 0 Å². The van der Waals surface area contributed by atoms with Crippen molar-refractivity contribution in [2.75, 3.05) is 13.6 Å². The number of nitrogens with one attached hydrogen (secondary N) is 1. The molecule has 204 valence electrons. The number of methoxy groups -OCH3 is 1. The lowest BCUT2D eigenvalue weighted by atomic mass is 9.42.